The number of hydrazine groups is 2. The SMILES string of the molecule is O=C1OCCN1CN1C=CN(c2ccc(-c3ccc(N4CCNCC4)c(F)c3)c(F)c2)N1. The minimum absolute atomic E-state index is 0.311. The number of nitrogens with zero attached hydrogens (tertiary/aromatic N) is 4. The van der Waals surface area contributed by atoms with Crippen molar-refractivity contribution in [2.24, 2.45) is 0 Å². The van der Waals surface area contributed by atoms with Crippen molar-refractivity contribution < 1.29 is 18.3 Å². The van der Waals surface area contributed by atoms with Crippen LogP contribution in [0.1, 0.15) is 0 Å². The van der Waals surface area contributed by atoms with Gasteiger partial charge in [-0.3, -0.25) is 14.9 Å². The van der Waals surface area contributed by atoms with Crippen molar-refractivity contribution in [2.75, 3.05) is 55.9 Å². The molecule has 3 aliphatic rings. The maximum Gasteiger partial charge on any atom is 0.411 e. The number of piperazine rings is 1. The first kappa shape index (κ1) is 20.5. The number of cyclic esters (lactones) is 1. The highest BCUT2D eigenvalue weighted by molar-refractivity contribution is 5.70. The van der Waals surface area contributed by atoms with Crippen molar-refractivity contribution >= 4 is 17.5 Å². The van der Waals surface area contributed by atoms with E-state index in [1.54, 1.807) is 51.6 Å². The minimum Gasteiger partial charge on any atom is -0.447 e. The molecule has 10 heteroatoms. The van der Waals surface area contributed by atoms with Crippen LogP contribution in [0.5, 0.6) is 0 Å². The van der Waals surface area contributed by atoms with Crippen LogP contribution in [0.15, 0.2) is 48.8 Å². The second-order valence-corrected chi connectivity index (χ2v) is 7.82. The molecular weight excluding hydrogens is 418 g/mol. The Kier molecular flexibility index (Phi) is 5.54. The van der Waals surface area contributed by atoms with Gasteiger partial charge in [-0.15, -0.1) is 5.53 Å². The Morgan fingerprint density at radius 1 is 0.969 bits per heavy atom. The highest BCUT2D eigenvalue weighted by atomic mass is 19.1. The van der Waals surface area contributed by atoms with Crippen molar-refractivity contribution in [2.45, 2.75) is 0 Å². The molecule has 32 heavy (non-hydrogen) atoms. The molecule has 0 radical (unpaired) electrons. The lowest BCUT2D eigenvalue weighted by Gasteiger charge is -2.29. The van der Waals surface area contributed by atoms with Gasteiger partial charge in [-0.2, -0.15) is 0 Å². The van der Waals surface area contributed by atoms with E-state index in [9.17, 15) is 13.6 Å². The standard InChI is InChI=1S/C22H24F2N6O2/c23-19-14-17(30-10-9-29(26-30)15-28-11-12-32-22(28)31)2-3-18(19)16-1-4-21(20(24)13-16)27-7-5-25-6-8-27/h1-4,9-10,13-14,25-26H,5-8,11-12,15H2. The lowest BCUT2D eigenvalue weighted by molar-refractivity contribution is 0.134. The summed E-state index contributed by atoms with van der Waals surface area (Å²) in [6, 6.07) is 9.65. The molecule has 5 rings (SSSR count). The van der Waals surface area contributed by atoms with E-state index in [0.717, 1.165) is 26.2 Å². The number of carbonyl (C=O) groups is 1. The van der Waals surface area contributed by atoms with Crippen LogP contribution in [0.3, 0.4) is 0 Å². The van der Waals surface area contributed by atoms with Gasteiger partial charge in [-0.05, 0) is 35.9 Å². The number of amides is 1. The van der Waals surface area contributed by atoms with Gasteiger partial charge in [0.1, 0.15) is 24.9 Å². The molecule has 2 fully saturated rings. The van der Waals surface area contributed by atoms with E-state index >= 15 is 0 Å². The topological polar surface area (TPSA) is 63.3 Å². The highest BCUT2D eigenvalue weighted by Gasteiger charge is 2.25. The molecule has 0 spiro atoms. The molecule has 2 aromatic rings. The van der Waals surface area contributed by atoms with Gasteiger partial charge in [0.25, 0.3) is 0 Å². The Morgan fingerprint density at radius 2 is 1.81 bits per heavy atom. The zero-order chi connectivity index (χ0) is 22.1. The van der Waals surface area contributed by atoms with E-state index in [0.29, 0.717) is 42.3 Å². The summed E-state index contributed by atoms with van der Waals surface area (Å²) in [5.41, 5.74) is 5.00. The summed E-state index contributed by atoms with van der Waals surface area (Å²) in [6.07, 6.45) is 3.13. The van der Waals surface area contributed by atoms with Gasteiger partial charge in [-0.25, -0.2) is 13.6 Å². The Labute approximate surface area is 184 Å². The fraction of sp³-hybridized carbons (Fsp3) is 0.318. The summed E-state index contributed by atoms with van der Waals surface area (Å²) in [5, 5.41) is 6.58. The third kappa shape index (κ3) is 4.06. The predicted octanol–water partition coefficient (Wildman–Crippen LogP) is 2.46. The van der Waals surface area contributed by atoms with Gasteiger partial charge in [0.15, 0.2) is 0 Å². The van der Waals surface area contributed by atoms with Gasteiger partial charge < -0.3 is 15.0 Å². The van der Waals surface area contributed by atoms with Gasteiger partial charge in [0.05, 0.1) is 17.9 Å². The molecule has 2 saturated heterocycles. The Morgan fingerprint density at radius 3 is 2.53 bits per heavy atom. The molecule has 0 saturated carbocycles. The van der Waals surface area contributed by atoms with Gasteiger partial charge in [0, 0.05) is 44.1 Å². The average Bonchev–Trinajstić information content (AvgIpc) is 3.44. The fourth-order valence-electron chi connectivity index (χ4n) is 4.04. The predicted molar refractivity (Wildman–Crippen MR) is 116 cm³/mol. The molecular formula is C22H24F2N6O2. The van der Waals surface area contributed by atoms with Crippen molar-refractivity contribution in [3.63, 3.8) is 0 Å². The van der Waals surface area contributed by atoms with Gasteiger partial charge in [0.2, 0.25) is 0 Å². The summed E-state index contributed by atoms with van der Waals surface area (Å²) < 4.78 is 34.6. The van der Waals surface area contributed by atoms with Crippen LogP contribution in [0.2, 0.25) is 0 Å². The molecule has 3 aliphatic heterocycles. The monoisotopic (exact) mass is 442 g/mol. The number of hydrogen-bond donors (Lipinski definition) is 2. The normalized spacial score (nSPS) is 18.6. The largest absolute Gasteiger partial charge is 0.447 e. The molecule has 0 aliphatic carbocycles. The molecule has 0 aromatic heterocycles. The van der Waals surface area contributed by atoms with Gasteiger partial charge in [-0.1, -0.05) is 6.07 Å². The van der Waals surface area contributed by atoms with E-state index in [1.165, 1.54) is 12.1 Å². The van der Waals surface area contributed by atoms with E-state index < -0.39 is 5.82 Å². The third-order valence-electron chi connectivity index (χ3n) is 5.75. The molecule has 1 amide bonds. The number of ether oxygens (including phenoxy) is 1. The molecule has 168 valence electrons. The first-order valence-electron chi connectivity index (χ1n) is 10.6. The molecule has 2 N–H and O–H groups in total. The zero-order valence-corrected chi connectivity index (χ0v) is 17.4. The number of nitrogens with one attached hydrogen (secondary N) is 2. The zero-order valence-electron chi connectivity index (χ0n) is 17.4. The van der Waals surface area contributed by atoms with Crippen molar-refractivity contribution in [1.29, 1.82) is 0 Å². The van der Waals surface area contributed by atoms with Crippen molar-refractivity contribution in [3.8, 4) is 11.1 Å². The molecule has 0 atom stereocenters. The van der Waals surface area contributed by atoms with Crippen LogP contribution in [0, 0.1) is 11.6 Å². The highest BCUT2D eigenvalue weighted by Crippen LogP contribution is 2.31. The molecule has 0 unspecified atom stereocenters. The third-order valence-corrected chi connectivity index (χ3v) is 5.75. The Balaban J connectivity index is 1.28. The van der Waals surface area contributed by atoms with Crippen LogP contribution < -0.4 is 20.8 Å². The fourth-order valence-corrected chi connectivity index (χ4v) is 4.04. The minimum atomic E-state index is -0.450. The average molecular weight is 442 g/mol. The van der Waals surface area contributed by atoms with Crippen LogP contribution in [0.25, 0.3) is 11.1 Å². The Bertz CT molecular complexity index is 1040. The summed E-state index contributed by atoms with van der Waals surface area (Å²) >= 11 is 0. The summed E-state index contributed by atoms with van der Waals surface area (Å²) in [5.74, 6) is -0.804. The molecule has 3 heterocycles. The number of hydrogen-bond acceptors (Lipinski definition) is 7. The summed E-state index contributed by atoms with van der Waals surface area (Å²) in [7, 11) is 0. The number of benzene rings is 2. The van der Waals surface area contributed by atoms with Gasteiger partial charge >= 0.3 is 6.09 Å². The first-order chi connectivity index (χ1) is 15.6. The molecule has 8 nitrogen and oxygen atoms in total. The maximum atomic E-state index is 14.9. The Hall–Kier alpha value is -3.37. The second kappa shape index (κ2) is 8.64. The van der Waals surface area contributed by atoms with E-state index in [-0.39, 0.29) is 11.9 Å². The van der Waals surface area contributed by atoms with Crippen LogP contribution in [-0.2, 0) is 4.74 Å². The quantitative estimate of drug-likeness (QED) is 0.738. The van der Waals surface area contributed by atoms with Crippen LogP contribution >= 0.6 is 0 Å². The lowest BCUT2D eigenvalue weighted by atomic mass is 10.0. The maximum absolute atomic E-state index is 14.9. The van der Waals surface area contributed by atoms with E-state index in [2.05, 4.69) is 10.9 Å². The van der Waals surface area contributed by atoms with E-state index in [4.69, 9.17) is 4.74 Å². The number of rotatable bonds is 5. The number of carbonyl (C=O) groups excluding carboxylic acids is 1. The molecule has 0 bridgehead atoms. The van der Waals surface area contributed by atoms with Crippen molar-refractivity contribution in [1.82, 2.24) is 20.8 Å². The summed E-state index contributed by atoms with van der Waals surface area (Å²) in [4.78, 5) is 15.1. The molecule has 2 aromatic carbocycles. The van der Waals surface area contributed by atoms with Crippen molar-refractivity contribution in [3.05, 3.63) is 60.4 Å². The lowest BCUT2D eigenvalue weighted by Crippen LogP contribution is -2.45. The number of anilines is 2. The second-order valence-electron chi connectivity index (χ2n) is 7.82. The van der Waals surface area contributed by atoms with E-state index in [1.807, 2.05) is 4.90 Å². The smallest absolute Gasteiger partial charge is 0.411 e. The van der Waals surface area contributed by atoms with Crippen LogP contribution in [0.4, 0.5) is 25.0 Å². The summed E-state index contributed by atoms with van der Waals surface area (Å²) in [6.45, 7) is 4.33. The first-order valence-corrected chi connectivity index (χ1v) is 10.6. The van der Waals surface area contributed by atoms with Crippen LogP contribution in [-0.4, -0.2) is 62.0 Å². The number of halogens is 2.